The van der Waals surface area contributed by atoms with Crippen molar-refractivity contribution in [3.63, 3.8) is 0 Å². The van der Waals surface area contributed by atoms with Crippen molar-refractivity contribution in [1.82, 2.24) is 0 Å². The first kappa shape index (κ1) is 22.7. The smallest absolute Gasteiger partial charge is 0.242 e. The van der Waals surface area contributed by atoms with Crippen LogP contribution in [0.15, 0.2) is 23.5 Å². The molecule has 1 aliphatic carbocycles. The van der Waals surface area contributed by atoms with Crippen molar-refractivity contribution < 1.29 is 8.85 Å². The molecule has 0 aliphatic heterocycles. The predicted molar refractivity (Wildman–Crippen MR) is 116 cm³/mol. The molecular formula is C21H42O2Si2. The summed E-state index contributed by atoms with van der Waals surface area (Å²) in [6.45, 7) is 26.2. The van der Waals surface area contributed by atoms with Gasteiger partial charge >= 0.3 is 0 Å². The molecule has 4 heteroatoms. The van der Waals surface area contributed by atoms with Gasteiger partial charge in [0.15, 0.2) is 8.32 Å². The normalized spacial score (nSPS) is 21.0. The Balaban J connectivity index is 2.82. The van der Waals surface area contributed by atoms with Crippen LogP contribution in [0.4, 0.5) is 0 Å². The fraction of sp³-hybridized carbons (Fsp3) is 0.810. The maximum Gasteiger partial charge on any atom is 0.242 e. The van der Waals surface area contributed by atoms with Crippen molar-refractivity contribution in [1.29, 1.82) is 0 Å². The molecule has 1 rings (SSSR count). The summed E-state index contributed by atoms with van der Waals surface area (Å²) in [5.41, 5.74) is 1.40. The lowest BCUT2D eigenvalue weighted by Gasteiger charge is -2.39. The van der Waals surface area contributed by atoms with Crippen LogP contribution in [0.5, 0.6) is 0 Å². The SMILES string of the molecule is CC1=C(O[Si](C)(C)C)C=C[C@H]([C@H](CO[Si](C)(C)C(C)(C)C)C(C)C)C1. The van der Waals surface area contributed by atoms with Gasteiger partial charge in [-0.2, -0.15) is 0 Å². The van der Waals surface area contributed by atoms with Crippen LogP contribution in [0.3, 0.4) is 0 Å². The molecule has 0 bridgehead atoms. The van der Waals surface area contributed by atoms with Gasteiger partial charge in [0.25, 0.3) is 0 Å². The van der Waals surface area contributed by atoms with Crippen LogP contribution in [-0.4, -0.2) is 23.2 Å². The van der Waals surface area contributed by atoms with Crippen LogP contribution >= 0.6 is 0 Å². The molecule has 1 aliphatic rings. The maximum absolute atomic E-state index is 6.58. The van der Waals surface area contributed by atoms with E-state index in [1.165, 1.54) is 5.57 Å². The summed E-state index contributed by atoms with van der Waals surface area (Å²) in [4.78, 5) is 0. The molecule has 2 nitrogen and oxygen atoms in total. The Hall–Kier alpha value is -0.326. The molecule has 25 heavy (non-hydrogen) atoms. The second kappa shape index (κ2) is 8.14. The minimum absolute atomic E-state index is 0.269. The topological polar surface area (TPSA) is 18.5 Å². The quantitative estimate of drug-likeness (QED) is 0.442. The van der Waals surface area contributed by atoms with Gasteiger partial charge in [-0.1, -0.05) is 40.7 Å². The van der Waals surface area contributed by atoms with Crippen LogP contribution in [0.25, 0.3) is 0 Å². The molecule has 0 aromatic rings. The van der Waals surface area contributed by atoms with Gasteiger partial charge in [0, 0.05) is 6.61 Å². The second-order valence-electron chi connectivity index (χ2n) is 10.6. The van der Waals surface area contributed by atoms with Gasteiger partial charge < -0.3 is 8.85 Å². The Labute approximate surface area is 159 Å². The van der Waals surface area contributed by atoms with Crippen LogP contribution in [0.1, 0.15) is 48.0 Å². The van der Waals surface area contributed by atoms with Crippen molar-refractivity contribution >= 4 is 16.6 Å². The average molecular weight is 383 g/mol. The summed E-state index contributed by atoms with van der Waals surface area (Å²) < 4.78 is 12.8. The van der Waals surface area contributed by atoms with Crippen LogP contribution in [0, 0.1) is 17.8 Å². The highest BCUT2D eigenvalue weighted by Gasteiger charge is 2.38. The highest BCUT2D eigenvalue weighted by Crippen LogP contribution is 2.39. The summed E-state index contributed by atoms with van der Waals surface area (Å²) in [7, 11) is -3.24. The molecule has 0 amide bonds. The van der Waals surface area contributed by atoms with Gasteiger partial charge in [-0.15, -0.1) is 0 Å². The molecule has 0 heterocycles. The molecule has 0 radical (unpaired) electrons. The Morgan fingerprint density at radius 3 is 2.08 bits per heavy atom. The first-order chi connectivity index (χ1) is 11.1. The van der Waals surface area contributed by atoms with E-state index in [2.05, 4.69) is 86.4 Å². The zero-order valence-corrected chi connectivity index (χ0v) is 20.6. The van der Waals surface area contributed by atoms with E-state index >= 15 is 0 Å². The predicted octanol–water partition coefficient (Wildman–Crippen LogP) is 6.98. The summed E-state index contributed by atoms with van der Waals surface area (Å²) in [5, 5.41) is 0.269. The minimum atomic E-state index is -1.69. The summed E-state index contributed by atoms with van der Waals surface area (Å²) in [6, 6.07) is 0. The van der Waals surface area contributed by atoms with Gasteiger partial charge in [0.2, 0.25) is 8.32 Å². The van der Waals surface area contributed by atoms with Crippen molar-refractivity contribution in [3.05, 3.63) is 23.5 Å². The molecule has 0 aromatic heterocycles. The van der Waals surface area contributed by atoms with E-state index in [4.69, 9.17) is 8.85 Å². The fourth-order valence-electron chi connectivity index (χ4n) is 2.95. The van der Waals surface area contributed by atoms with E-state index in [-0.39, 0.29) is 5.04 Å². The van der Waals surface area contributed by atoms with Crippen LogP contribution < -0.4 is 0 Å². The molecular weight excluding hydrogens is 340 g/mol. The first-order valence-corrected chi connectivity index (χ1v) is 16.2. The van der Waals surface area contributed by atoms with Gasteiger partial charge in [-0.05, 0) is 80.5 Å². The van der Waals surface area contributed by atoms with E-state index in [9.17, 15) is 0 Å². The molecule has 0 fully saturated rings. The van der Waals surface area contributed by atoms with Crippen LogP contribution in [-0.2, 0) is 8.85 Å². The zero-order chi connectivity index (χ0) is 19.6. The van der Waals surface area contributed by atoms with Crippen molar-refractivity contribution in [3.8, 4) is 0 Å². The monoisotopic (exact) mass is 382 g/mol. The Bertz CT molecular complexity index is 505. The third-order valence-corrected chi connectivity index (χ3v) is 11.1. The van der Waals surface area contributed by atoms with Crippen molar-refractivity contribution in [2.24, 2.45) is 17.8 Å². The third kappa shape index (κ3) is 6.72. The molecule has 0 unspecified atom stereocenters. The van der Waals surface area contributed by atoms with E-state index < -0.39 is 16.6 Å². The maximum atomic E-state index is 6.58. The number of allylic oxidation sites excluding steroid dienone is 3. The minimum Gasteiger partial charge on any atom is -0.544 e. The number of rotatable bonds is 7. The summed E-state index contributed by atoms with van der Waals surface area (Å²) in [6.07, 6.45) is 5.70. The molecule has 0 N–H and O–H groups in total. The Morgan fingerprint density at radius 2 is 1.68 bits per heavy atom. The summed E-state index contributed by atoms with van der Waals surface area (Å²) in [5.74, 6) is 2.85. The standard InChI is InChI=1S/C21H42O2Si2/c1-16(2)19(15-22-25(10,11)21(4,5)6)18-12-13-20(17(3)14-18)23-24(7,8)9/h12-13,16,18-19H,14-15H2,1-11H3/t18-,19+/m0/s1. The average Bonchev–Trinajstić information content (AvgIpc) is 2.38. The molecule has 0 spiro atoms. The largest absolute Gasteiger partial charge is 0.544 e. The molecule has 2 atom stereocenters. The fourth-order valence-corrected chi connectivity index (χ4v) is 4.90. The lowest BCUT2D eigenvalue weighted by Crippen LogP contribution is -2.43. The highest BCUT2D eigenvalue weighted by atomic mass is 28.4. The molecule has 0 aromatic carbocycles. The number of hydrogen-bond donors (Lipinski definition) is 0. The van der Waals surface area contributed by atoms with Gasteiger partial charge in [0.1, 0.15) is 5.76 Å². The third-order valence-electron chi connectivity index (χ3n) is 5.72. The van der Waals surface area contributed by atoms with Gasteiger partial charge in [-0.3, -0.25) is 0 Å². The van der Waals surface area contributed by atoms with Gasteiger partial charge in [-0.25, -0.2) is 0 Å². The lowest BCUT2D eigenvalue weighted by atomic mass is 9.78. The first-order valence-electron chi connectivity index (χ1n) is 9.85. The van der Waals surface area contributed by atoms with E-state index in [1.807, 2.05) is 0 Å². The highest BCUT2D eigenvalue weighted by molar-refractivity contribution is 6.74. The molecule has 0 saturated heterocycles. The van der Waals surface area contributed by atoms with E-state index in [1.54, 1.807) is 0 Å². The molecule has 146 valence electrons. The van der Waals surface area contributed by atoms with Crippen molar-refractivity contribution in [2.45, 2.75) is 85.7 Å². The Morgan fingerprint density at radius 1 is 1.12 bits per heavy atom. The molecule has 0 saturated carbocycles. The van der Waals surface area contributed by atoms with Crippen LogP contribution in [0.2, 0.25) is 37.8 Å². The van der Waals surface area contributed by atoms with E-state index in [0.29, 0.717) is 17.8 Å². The van der Waals surface area contributed by atoms with E-state index in [0.717, 1.165) is 18.8 Å². The Kier molecular flexibility index (Phi) is 7.39. The number of hydrogen-bond acceptors (Lipinski definition) is 2. The van der Waals surface area contributed by atoms with Crippen molar-refractivity contribution in [2.75, 3.05) is 6.61 Å². The zero-order valence-electron chi connectivity index (χ0n) is 18.6. The lowest BCUT2D eigenvalue weighted by molar-refractivity contribution is 0.156. The summed E-state index contributed by atoms with van der Waals surface area (Å²) >= 11 is 0. The second-order valence-corrected chi connectivity index (χ2v) is 19.8. The van der Waals surface area contributed by atoms with Gasteiger partial charge in [0.05, 0.1) is 0 Å².